The Morgan fingerprint density at radius 3 is 2.66 bits per heavy atom. The number of thiazole rings is 2. The summed E-state index contributed by atoms with van der Waals surface area (Å²) >= 11 is 2.76. The van der Waals surface area contributed by atoms with Crippen LogP contribution in [-0.4, -0.2) is 21.8 Å². The summed E-state index contributed by atoms with van der Waals surface area (Å²) in [5.41, 5.74) is 2.54. The average molecular weight is 425 g/mol. The van der Waals surface area contributed by atoms with Crippen molar-refractivity contribution < 1.29 is 14.0 Å². The van der Waals surface area contributed by atoms with Gasteiger partial charge in [0.1, 0.15) is 5.01 Å². The molecule has 3 aromatic heterocycles. The van der Waals surface area contributed by atoms with E-state index in [2.05, 4.69) is 20.6 Å². The van der Waals surface area contributed by atoms with E-state index in [4.69, 9.17) is 4.42 Å². The van der Waals surface area contributed by atoms with Crippen LogP contribution in [0.5, 0.6) is 0 Å². The lowest BCUT2D eigenvalue weighted by atomic mass is 10.2. The number of benzene rings is 1. The van der Waals surface area contributed by atoms with Gasteiger partial charge in [0.25, 0.3) is 5.91 Å². The quantitative estimate of drug-likeness (QED) is 0.468. The molecule has 3 heterocycles. The number of hydrogen-bond acceptors (Lipinski definition) is 7. The van der Waals surface area contributed by atoms with Crippen molar-refractivity contribution in [3.63, 3.8) is 0 Å². The van der Waals surface area contributed by atoms with Gasteiger partial charge in [-0.05, 0) is 12.1 Å². The Bertz CT molecular complexity index is 1100. The molecule has 0 aliphatic heterocycles. The van der Waals surface area contributed by atoms with Crippen LogP contribution in [0.15, 0.2) is 63.9 Å². The highest BCUT2D eigenvalue weighted by Crippen LogP contribution is 2.21. The largest absolute Gasteiger partial charge is 0.459 e. The molecular formula is C20H16N4O3S2. The van der Waals surface area contributed by atoms with Gasteiger partial charge in [0.2, 0.25) is 5.91 Å². The molecule has 0 unspecified atom stereocenters. The molecule has 7 nitrogen and oxygen atoms in total. The van der Waals surface area contributed by atoms with Crippen LogP contribution in [0.1, 0.15) is 21.3 Å². The Labute approximate surface area is 174 Å². The summed E-state index contributed by atoms with van der Waals surface area (Å²) < 4.78 is 5.04. The minimum atomic E-state index is -0.377. The highest BCUT2D eigenvalue weighted by molar-refractivity contribution is 7.14. The summed E-state index contributed by atoms with van der Waals surface area (Å²) in [6, 6.07) is 13.1. The van der Waals surface area contributed by atoms with Crippen molar-refractivity contribution in [3.8, 4) is 11.3 Å². The molecule has 0 spiro atoms. The van der Waals surface area contributed by atoms with E-state index < -0.39 is 0 Å². The maximum atomic E-state index is 12.2. The minimum absolute atomic E-state index is 0.129. The molecule has 2 N–H and O–H groups in total. The zero-order valence-corrected chi connectivity index (χ0v) is 16.8. The molecule has 0 aliphatic rings. The lowest BCUT2D eigenvalue weighted by molar-refractivity contribution is -0.120. The van der Waals surface area contributed by atoms with Gasteiger partial charge < -0.3 is 9.73 Å². The van der Waals surface area contributed by atoms with Crippen molar-refractivity contribution >= 4 is 39.6 Å². The van der Waals surface area contributed by atoms with Gasteiger partial charge in [0.15, 0.2) is 10.9 Å². The van der Waals surface area contributed by atoms with Gasteiger partial charge in [0, 0.05) is 16.3 Å². The molecule has 146 valence electrons. The molecule has 4 aromatic rings. The predicted octanol–water partition coefficient (Wildman–Crippen LogP) is 3.97. The molecule has 0 bridgehead atoms. The van der Waals surface area contributed by atoms with Gasteiger partial charge in [-0.3, -0.25) is 14.9 Å². The van der Waals surface area contributed by atoms with Gasteiger partial charge in [-0.15, -0.1) is 22.7 Å². The normalized spacial score (nSPS) is 10.6. The smallest absolute Gasteiger partial charge is 0.293 e. The van der Waals surface area contributed by atoms with Gasteiger partial charge >= 0.3 is 0 Å². The third-order valence-corrected chi connectivity index (χ3v) is 5.57. The zero-order valence-electron chi connectivity index (χ0n) is 15.1. The summed E-state index contributed by atoms with van der Waals surface area (Å²) in [5.74, 6) is -0.327. The van der Waals surface area contributed by atoms with Crippen LogP contribution in [0.2, 0.25) is 0 Å². The van der Waals surface area contributed by atoms with E-state index in [0.29, 0.717) is 17.4 Å². The number of amides is 2. The maximum absolute atomic E-state index is 12.2. The zero-order chi connectivity index (χ0) is 20.1. The van der Waals surface area contributed by atoms with Crippen LogP contribution in [-0.2, 0) is 17.8 Å². The highest BCUT2D eigenvalue weighted by atomic mass is 32.1. The second-order valence-corrected chi connectivity index (χ2v) is 7.82. The SMILES string of the molecule is O=C(Cc1csc(NC(=O)c2ccco2)n1)NCc1nc(-c2ccccc2)cs1. The number of carbonyl (C=O) groups is 2. The van der Waals surface area contributed by atoms with E-state index in [0.717, 1.165) is 16.3 Å². The summed E-state index contributed by atoms with van der Waals surface area (Å²) in [6.07, 6.45) is 1.56. The van der Waals surface area contributed by atoms with Crippen molar-refractivity contribution in [1.82, 2.24) is 15.3 Å². The van der Waals surface area contributed by atoms with Crippen LogP contribution in [0.25, 0.3) is 11.3 Å². The minimum Gasteiger partial charge on any atom is -0.459 e. The van der Waals surface area contributed by atoms with Crippen molar-refractivity contribution in [1.29, 1.82) is 0 Å². The van der Waals surface area contributed by atoms with Gasteiger partial charge in [-0.2, -0.15) is 0 Å². The molecular weight excluding hydrogens is 408 g/mol. The Hall–Kier alpha value is -3.30. The fraction of sp³-hybridized carbons (Fsp3) is 0.100. The predicted molar refractivity (Wildman–Crippen MR) is 112 cm³/mol. The Balaban J connectivity index is 1.28. The van der Waals surface area contributed by atoms with Gasteiger partial charge in [0.05, 0.1) is 30.6 Å². The van der Waals surface area contributed by atoms with Crippen LogP contribution in [0.4, 0.5) is 5.13 Å². The van der Waals surface area contributed by atoms with E-state index in [-0.39, 0.29) is 24.0 Å². The first kappa shape index (κ1) is 19.0. The molecule has 0 saturated carbocycles. The molecule has 1 aromatic carbocycles. The van der Waals surface area contributed by atoms with Gasteiger partial charge in [-0.25, -0.2) is 9.97 Å². The third-order valence-electron chi connectivity index (χ3n) is 3.92. The fourth-order valence-corrected chi connectivity index (χ4v) is 4.00. The molecule has 0 fully saturated rings. The first-order valence-corrected chi connectivity index (χ1v) is 10.5. The summed E-state index contributed by atoms with van der Waals surface area (Å²) in [4.78, 5) is 33.0. The van der Waals surface area contributed by atoms with Crippen molar-refractivity contribution in [3.05, 3.63) is 75.9 Å². The second-order valence-electron chi connectivity index (χ2n) is 6.02. The van der Waals surface area contributed by atoms with Crippen LogP contribution >= 0.6 is 22.7 Å². The number of aromatic nitrogens is 2. The number of furan rings is 1. The Morgan fingerprint density at radius 2 is 1.86 bits per heavy atom. The van der Waals surface area contributed by atoms with Crippen LogP contribution in [0, 0.1) is 0 Å². The molecule has 9 heteroatoms. The van der Waals surface area contributed by atoms with E-state index >= 15 is 0 Å². The number of nitrogens with zero attached hydrogens (tertiary/aromatic N) is 2. The van der Waals surface area contributed by atoms with Crippen LogP contribution < -0.4 is 10.6 Å². The summed E-state index contributed by atoms with van der Waals surface area (Å²) in [5, 5.41) is 10.5. The van der Waals surface area contributed by atoms with Crippen molar-refractivity contribution in [2.24, 2.45) is 0 Å². The van der Waals surface area contributed by atoms with Crippen molar-refractivity contribution in [2.75, 3.05) is 5.32 Å². The number of anilines is 1. The molecule has 0 saturated heterocycles. The maximum Gasteiger partial charge on any atom is 0.293 e. The molecule has 0 atom stereocenters. The van der Waals surface area contributed by atoms with E-state index in [1.165, 1.54) is 28.9 Å². The molecule has 4 rings (SSSR count). The summed E-state index contributed by atoms with van der Waals surface area (Å²) in [7, 11) is 0. The average Bonchev–Trinajstić information content (AvgIpc) is 3.49. The number of hydrogen-bond donors (Lipinski definition) is 2. The van der Waals surface area contributed by atoms with E-state index in [9.17, 15) is 9.59 Å². The number of carbonyl (C=O) groups excluding carboxylic acids is 2. The Kier molecular flexibility index (Phi) is 5.78. The third kappa shape index (κ3) is 4.95. The Morgan fingerprint density at radius 1 is 1.00 bits per heavy atom. The second kappa shape index (κ2) is 8.80. The molecule has 2 amide bonds. The highest BCUT2D eigenvalue weighted by Gasteiger charge is 2.13. The van der Waals surface area contributed by atoms with E-state index in [1.54, 1.807) is 17.5 Å². The first-order chi connectivity index (χ1) is 14.2. The first-order valence-electron chi connectivity index (χ1n) is 8.73. The van der Waals surface area contributed by atoms with Gasteiger partial charge in [-0.1, -0.05) is 30.3 Å². The summed E-state index contributed by atoms with van der Waals surface area (Å²) in [6.45, 7) is 0.364. The fourth-order valence-electron chi connectivity index (χ4n) is 2.55. The monoisotopic (exact) mass is 424 g/mol. The number of nitrogens with one attached hydrogen (secondary N) is 2. The molecule has 0 radical (unpaired) electrons. The molecule has 29 heavy (non-hydrogen) atoms. The van der Waals surface area contributed by atoms with Crippen molar-refractivity contribution in [2.45, 2.75) is 13.0 Å². The molecule has 0 aliphatic carbocycles. The topological polar surface area (TPSA) is 97.1 Å². The number of rotatable bonds is 7. The standard InChI is InChI=1S/C20H16N4O3S2/c25-17(21-10-18-23-15(12-28-18)13-5-2-1-3-6-13)9-14-11-29-20(22-14)24-19(26)16-7-4-8-27-16/h1-8,11-12H,9-10H2,(H,21,25)(H,22,24,26). The van der Waals surface area contributed by atoms with Crippen LogP contribution in [0.3, 0.4) is 0 Å². The lowest BCUT2D eigenvalue weighted by Crippen LogP contribution is -2.24. The van der Waals surface area contributed by atoms with E-state index in [1.807, 2.05) is 35.7 Å². The lowest BCUT2D eigenvalue weighted by Gasteiger charge is -2.01.